The number of sulfonamides is 1. The van der Waals surface area contributed by atoms with Gasteiger partial charge in [0.1, 0.15) is 29.5 Å². The van der Waals surface area contributed by atoms with E-state index in [2.05, 4.69) is 4.72 Å². The van der Waals surface area contributed by atoms with E-state index in [9.17, 15) is 17.6 Å². The Morgan fingerprint density at radius 3 is 2.79 bits per heavy atom. The van der Waals surface area contributed by atoms with Crippen LogP contribution in [0.2, 0.25) is 0 Å². The third-order valence-corrected chi connectivity index (χ3v) is 6.90. The number of benzene rings is 2. The van der Waals surface area contributed by atoms with Crippen molar-refractivity contribution >= 4 is 27.8 Å². The van der Waals surface area contributed by atoms with Crippen molar-refractivity contribution in [2.45, 2.75) is 37.7 Å². The molecule has 178 valence electrons. The first kappa shape index (κ1) is 23.6. The van der Waals surface area contributed by atoms with Crippen molar-refractivity contribution in [3.8, 4) is 16.9 Å². The van der Waals surface area contributed by atoms with E-state index in [4.69, 9.17) is 13.9 Å². The maximum atomic E-state index is 13.9. The number of ether oxygens (including phenoxy) is 2. The molecule has 0 spiro atoms. The second kappa shape index (κ2) is 9.72. The topological polar surface area (TPSA) is 94.8 Å². The van der Waals surface area contributed by atoms with Gasteiger partial charge in [0.15, 0.2) is 0 Å². The summed E-state index contributed by atoms with van der Waals surface area (Å²) in [4.78, 5) is 12.6. The summed E-state index contributed by atoms with van der Waals surface area (Å²) >= 11 is 0. The Morgan fingerprint density at radius 2 is 2.03 bits per heavy atom. The summed E-state index contributed by atoms with van der Waals surface area (Å²) in [5.74, 6) is -0.523. The SMILES string of the molecule is CCCC/C=C\c1cc(F)ccc1S(=O)(=O)Nc1ccc2c(c1C(=O)OC)OCc1occc1-2. The fraction of sp³-hybridized carbons (Fsp3) is 0.240. The number of unbranched alkanes of at least 4 members (excludes halogenated alkanes) is 2. The van der Waals surface area contributed by atoms with Gasteiger partial charge in [0.25, 0.3) is 10.0 Å². The number of furan rings is 1. The van der Waals surface area contributed by atoms with Crippen LogP contribution in [0, 0.1) is 5.82 Å². The lowest BCUT2D eigenvalue weighted by Crippen LogP contribution is -2.19. The molecule has 9 heteroatoms. The minimum atomic E-state index is -4.19. The molecule has 1 aliphatic rings. The highest BCUT2D eigenvalue weighted by molar-refractivity contribution is 7.92. The fourth-order valence-corrected chi connectivity index (χ4v) is 5.04. The third-order valence-electron chi connectivity index (χ3n) is 5.46. The average molecular weight is 486 g/mol. The van der Waals surface area contributed by atoms with Crippen LogP contribution in [0.3, 0.4) is 0 Å². The zero-order valence-electron chi connectivity index (χ0n) is 18.8. The second-order valence-electron chi connectivity index (χ2n) is 7.73. The Hall–Kier alpha value is -3.59. The molecule has 1 N–H and O–H groups in total. The van der Waals surface area contributed by atoms with E-state index in [1.54, 1.807) is 18.2 Å². The largest absolute Gasteiger partial charge is 0.484 e. The molecule has 34 heavy (non-hydrogen) atoms. The van der Waals surface area contributed by atoms with E-state index in [0.717, 1.165) is 37.0 Å². The van der Waals surface area contributed by atoms with Crippen molar-refractivity contribution < 1.29 is 31.5 Å². The number of anilines is 1. The summed E-state index contributed by atoms with van der Waals surface area (Å²) in [6.45, 7) is 2.13. The minimum absolute atomic E-state index is 0.0113. The van der Waals surface area contributed by atoms with Crippen LogP contribution in [0.25, 0.3) is 17.2 Å². The number of hydrogen-bond acceptors (Lipinski definition) is 6. The molecular weight excluding hydrogens is 461 g/mol. The summed E-state index contributed by atoms with van der Waals surface area (Å²) in [7, 11) is -2.99. The molecule has 0 fully saturated rings. The lowest BCUT2D eigenvalue weighted by Gasteiger charge is -2.22. The second-order valence-corrected chi connectivity index (χ2v) is 9.39. The van der Waals surface area contributed by atoms with Crippen molar-refractivity contribution in [1.29, 1.82) is 0 Å². The van der Waals surface area contributed by atoms with Gasteiger partial charge in [-0.1, -0.05) is 31.9 Å². The highest BCUT2D eigenvalue weighted by Crippen LogP contribution is 2.43. The highest BCUT2D eigenvalue weighted by Gasteiger charge is 2.30. The third kappa shape index (κ3) is 4.56. The van der Waals surface area contributed by atoms with Crippen molar-refractivity contribution in [3.05, 3.63) is 71.4 Å². The lowest BCUT2D eigenvalue weighted by molar-refractivity contribution is 0.0596. The zero-order valence-corrected chi connectivity index (χ0v) is 19.6. The molecule has 2 heterocycles. The quantitative estimate of drug-likeness (QED) is 0.322. The average Bonchev–Trinajstić information content (AvgIpc) is 3.30. The van der Waals surface area contributed by atoms with Crippen molar-refractivity contribution in [2.24, 2.45) is 0 Å². The van der Waals surface area contributed by atoms with Crippen LogP contribution < -0.4 is 9.46 Å². The van der Waals surface area contributed by atoms with E-state index < -0.39 is 21.8 Å². The van der Waals surface area contributed by atoms with Crippen molar-refractivity contribution in [1.82, 2.24) is 0 Å². The maximum Gasteiger partial charge on any atom is 0.343 e. The molecule has 0 amide bonds. The number of halogens is 1. The summed E-state index contributed by atoms with van der Waals surface area (Å²) < 4.78 is 59.1. The van der Waals surface area contributed by atoms with E-state index in [1.165, 1.54) is 25.5 Å². The molecule has 4 rings (SSSR count). The zero-order chi connectivity index (χ0) is 24.3. The summed E-state index contributed by atoms with van der Waals surface area (Å²) in [5.41, 5.74) is 1.47. The summed E-state index contributed by atoms with van der Waals surface area (Å²) in [6.07, 6.45) is 7.57. The van der Waals surface area contributed by atoms with Gasteiger partial charge in [-0.25, -0.2) is 17.6 Å². The van der Waals surface area contributed by atoms with E-state index in [1.807, 2.05) is 13.0 Å². The van der Waals surface area contributed by atoms with Crippen molar-refractivity contribution in [2.75, 3.05) is 11.8 Å². The minimum Gasteiger partial charge on any atom is -0.484 e. The highest BCUT2D eigenvalue weighted by atomic mass is 32.2. The number of rotatable bonds is 8. The Bertz CT molecular complexity index is 1360. The number of carbonyl (C=O) groups excluding carboxylic acids is 1. The van der Waals surface area contributed by atoms with Gasteiger partial charge in [-0.3, -0.25) is 4.72 Å². The van der Waals surface area contributed by atoms with Crippen LogP contribution in [0.4, 0.5) is 10.1 Å². The van der Waals surface area contributed by atoms with Gasteiger partial charge < -0.3 is 13.9 Å². The predicted octanol–water partition coefficient (Wildman–Crippen LogP) is 5.77. The standard InChI is InChI=1S/C25H24FNO6S/c1-3-4-5-6-7-16-14-17(26)8-11-22(16)34(29,30)27-20-10-9-19-18-12-13-32-21(18)15-33-24(19)23(20)25(28)31-2/h6-14,27H,3-5,15H2,1-2H3/b7-6-. The Morgan fingerprint density at radius 1 is 1.21 bits per heavy atom. The maximum absolute atomic E-state index is 13.9. The van der Waals surface area contributed by atoms with Crippen LogP contribution in [0.1, 0.15) is 47.9 Å². The Kier molecular flexibility index (Phi) is 6.74. The lowest BCUT2D eigenvalue weighted by atomic mass is 9.98. The molecule has 3 aromatic rings. The Balaban J connectivity index is 1.76. The first-order chi connectivity index (χ1) is 16.4. The van der Waals surface area contributed by atoms with Gasteiger partial charge in [0.2, 0.25) is 0 Å². The first-order valence-electron chi connectivity index (χ1n) is 10.8. The normalized spacial score (nSPS) is 12.7. The molecule has 1 aliphatic heterocycles. The fourth-order valence-electron chi connectivity index (χ4n) is 3.79. The summed E-state index contributed by atoms with van der Waals surface area (Å²) in [5, 5.41) is 0. The number of nitrogens with one attached hydrogen (secondary N) is 1. The Labute approximate surface area is 197 Å². The number of methoxy groups -OCH3 is 1. The van der Waals surface area contributed by atoms with Gasteiger partial charge in [0, 0.05) is 11.1 Å². The van der Waals surface area contributed by atoms with E-state index in [-0.39, 0.29) is 34.1 Å². The van der Waals surface area contributed by atoms with Crippen LogP contribution in [0.5, 0.6) is 5.75 Å². The molecule has 1 aromatic heterocycles. The van der Waals surface area contributed by atoms with E-state index in [0.29, 0.717) is 11.3 Å². The van der Waals surface area contributed by atoms with Crippen LogP contribution in [0.15, 0.2) is 58.1 Å². The number of carbonyl (C=O) groups is 1. The number of fused-ring (bicyclic) bond motifs is 3. The first-order valence-corrected chi connectivity index (χ1v) is 12.3. The monoisotopic (exact) mass is 485 g/mol. The molecule has 0 atom stereocenters. The van der Waals surface area contributed by atoms with Gasteiger partial charge in [-0.2, -0.15) is 0 Å². The molecule has 0 unspecified atom stereocenters. The molecule has 0 saturated carbocycles. The molecule has 0 radical (unpaired) electrons. The van der Waals surface area contributed by atoms with Crippen LogP contribution in [-0.4, -0.2) is 21.5 Å². The molecular formula is C25H24FNO6S. The van der Waals surface area contributed by atoms with Gasteiger partial charge in [-0.05, 0) is 48.4 Å². The summed E-state index contributed by atoms with van der Waals surface area (Å²) in [6, 6.07) is 8.29. The molecule has 2 aromatic carbocycles. The predicted molar refractivity (Wildman–Crippen MR) is 126 cm³/mol. The van der Waals surface area contributed by atoms with Crippen LogP contribution in [-0.2, 0) is 21.4 Å². The van der Waals surface area contributed by atoms with Gasteiger partial charge >= 0.3 is 5.97 Å². The molecule has 7 nitrogen and oxygen atoms in total. The van der Waals surface area contributed by atoms with Crippen LogP contribution >= 0.6 is 0 Å². The molecule has 0 bridgehead atoms. The van der Waals surface area contributed by atoms with Gasteiger partial charge in [-0.15, -0.1) is 0 Å². The van der Waals surface area contributed by atoms with Crippen molar-refractivity contribution in [3.63, 3.8) is 0 Å². The smallest absolute Gasteiger partial charge is 0.343 e. The number of allylic oxidation sites excluding steroid dienone is 1. The number of esters is 1. The molecule has 0 saturated heterocycles. The van der Waals surface area contributed by atoms with E-state index >= 15 is 0 Å². The number of hydrogen-bond donors (Lipinski definition) is 1. The van der Waals surface area contributed by atoms with Gasteiger partial charge in [0.05, 0.1) is 24.0 Å². The molecule has 0 aliphatic carbocycles.